The van der Waals surface area contributed by atoms with Gasteiger partial charge in [-0.15, -0.1) is 0 Å². The smallest absolute Gasteiger partial charge is 0.320 e. The third kappa shape index (κ3) is 2.46. The van der Waals surface area contributed by atoms with E-state index in [2.05, 4.69) is 15.0 Å². The number of fused-ring (bicyclic) bond motifs is 1. The van der Waals surface area contributed by atoms with Gasteiger partial charge in [0.25, 0.3) is 0 Å². The van der Waals surface area contributed by atoms with Crippen molar-refractivity contribution in [3.05, 3.63) is 11.7 Å². The van der Waals surface area contributed by atoms with E-state index in [0.29, 0.717) is 30.3 Å². The molecule has 2 saturated carbocycles. The van der Waals surface area contributed by atoms with Gasteiger partial charge in [0.1, 0.15) is 6.04 Å². The first-order valence-corrected chi connectivity index (χ1v) is 8.03. The summed E-state index contributed by atoms with van der Waals surface area (Å²) in [5.74, 6) is 1.65. The second-order valence-corrected chi connectivity index (χ2v) is 6.69. The lowest BCUT2D eigenvalue weighted by atomic mass is 9.85. The van der Waals surface area contributed by atoms with Crippen molar-refractivity contribution in [2.75, 3.05) is 0 Å². The molecule has 1 aliphatic heterocycles. The Kier molecular flexibility index (Phi) is 3.21. The zero-order valence-electron chi connectivity index (χ0n) is 12.1. The van der Waals surface area contributed by atoms with Gasteiger partial charge in [0, 0.05) is 12.0 Å². The molecule has 0 amide bonds. The van der Waals surface area contributed by atoms with Gasteiger partial charge in [-0.05, 0) is 38.0 Å². The van der Waals surface area contributed by atoms with E-state index in [4.69, 9.17) is 4.52 Å². The number of likely N-dealkylation sites (tertiary alicyclic amines) is 1. The van der Waals surface area contributed by atoms with Crippen LogP contribution in [0.5, 0.6) is 0 Å². The molecule has 6 nitrogen and oxygen atoms in total. The molecule has 2 aliphatic carbocycles. The molecule has 21 heavy (non-hydrogen) atoms. The zero-order chi connectivity index (χ0) is 14.4. The molecule has 114 valence electrons. The first-order valence-electron chi connectivity index (χ1n) is 8.03. The van der Waals surface area contributed by atoms with Crippen LogP contribution in [0.25, 0.3) is 0 Å². The van der Waals surface area contributed by atoms with E-state index >= 15 is 0 Å². The highest BCUT2D eigenvalue weighted by Gasteiger charge is 2.45. The van der Waals surface area contributed by atoms with E-state index in [9.17, 15) is 9.90 Å². The van der Waals surface area contributed by atoms with Crippen LogP contribution in [0.1, 0.15) is 62.6 Å². The fourth-order valence-electron chi connectivity index (χ4n) is 4.02. The minimum absolute atomic E-state index is 0.371. The molecule has 1 saturated heterocycles. The van der Waals surface area contributed by atoms with Crippen LogP contribution in [-0.4, -0.2) is 38.2 Å². The summed E-state index contributed by atoms with van der Waals surface area (Å²) in [6.45, 7) is 0.484. The van der Waals surface area contributed by atoms with E-state index < -0.39 is 12.0 Å². The monoisotopic (exact) mass is 291 g/mol. The Labute approximate surface area is 123 Å². The predicted octanol–water partition coefficient (Wildman–Crippen LogP) is 2.16. The van der Waals surface area contributed by atoms with Crippen molar-refractivity contribution in [2.24, 2.45) is 5.92 Å². The molecule has 0 bridgehead atoms. The number of hydrogen-bond donors (Lipinski definition) is 1. The molecule has 3 aliphatic rings. The second-order valence-electron chi connectivity index (χ2n) is 6.69. The van der Waals surface area contributed by atoms with Crippen molar-refractivity contribution in [3.63, 3.8) is 0 Å². The third-order valence-corrected chi connectivity index (χ3v) is 5.25. The van der Waals surface area contributed by atoms with E-state index in [1.165, 1.54) is 12.8 Å². The van der Waals surface area contributed by atoms with Crippen molar-refractivity contribution in [1.29, 1.82) is 0 Å². The average Bonchev–Trinajstić information content (AvgIpc) is 3.12. The second kappa shape index (κ2) is 5.09. The lowest BCUT2D eigenvalue weighted by Gasteiger charge is -2.31. The molecule has 0 radical (unpaired) electrons. The van der Waals surface area contributed by atoms with Crippen LogP contribution in [0.2, 0.25) is 0 Å². The standard InChI is InChI=1S/C15H21N3O3/c19-15(20)12-7-10-3-1-2-4-11(10)18(12)8-13-16-14(17-21-13)9-5-6-9/h9-12H,1-8H2,(H,19,20). The molecule has 3 atom stereocenters. The van der Waals surface area contributed by atoms with Gasteiger partial charge >= 0.3 is 5.97 Å². The van der Waals surface area contributed by atoms with Crippen molar-refractivity contribution in [3.8, 4) is 0 Å². The number of carboxylic acid groups (broad SMARTS) is 1. The molecule has 3 fully saturated rings. The van der Waals surface area contributed by atoms with Crippen molar-refractivity contribution in [2.45, 2.75) is 69.5 Å². The molecule has 1 aromatic rings. The average molecular weight is 291 g/mol. The molecular weight excluding hydrogens is 270 g/mol. The van der Waals surface area contributed by atoms with Gasteiger partial charge < -0.3 is 9.63 Å². The molecule has 1 N–H and O–H groups in total. The Morgan fingerprint density at radius 3 is 2.86 bits per heavy atom. The van der Waals surface area contributed by atoms with E-state index in [0.717, 1.165) is 37.9 Å². The Morgan fingerprint density at radius 2 is 2.10 bits per heavy atom. The Balaban J connectivity index is 1.53. The number of hydrogen-bond acceptors (Lipinski definition) is 5. The Hall–Kier alpha value is -1.43. The van der Waals surface area contributed by atoms with Crippen LogP contribution < -0.4 is 0 Å². The zero-order valence-corrected chi connectivity index (χ0v) is 12.1. The van der Waals surface area contributed by atoms with Crippen LogP contribution >= 0.6 is 0 Å². The molecular formula is C15H21N3O3. The summed E-state index contributed by atoms with van der Waals surface area (Å²) in [7, 11) is 0. The molecule has 0 spiro atoms. The Bertz CT molecular complexity index is 540. The topological polar surface area (TPSA) is 79.5 Å². The summed E-state index contributed by atoms with van der Waals surface area (Å²) < 4.78 is 5.34. The number of carbonyl (C=O) groups is 1. The maximum Gasteiger partial charge on any atom is 0.320 e. The van der Waals surface area contributed by atoms with Crippen LogP contribution in [0, 0.1) is 5.92 Å². The lowest BCUT2D eigenvalue weighted by Crippen LogP contribution is -2.41. The van der Waals surface area contributed by atoms with Gasteiger partial charge in [-0.25, -0.2) is 0 Å². The molecule has 4 rings (SSSR count). The molecule has 6 heteroatoms. The summed E-state index contributed by atoms with van der Waals surface area (Å²) in [5, 5.41) is 13.5. The van der Waals surface area contributed by atoms with Crippen molar-refractivity contribution in [1.82, 2.24) is 15.0 Å². The van der Waals surface area contributed by atoms with E-state index in [1.807, 2.05) is 0 Å². The molecule has 3 unspecified atom stereocenters. The Morgan fingerprint density at radius 1 is 1.29 bits per heavy atom. The van der Waals surface area contributed by atoms with Gasteiger partial charge in [-0.2, -0.15) is 4.98 Å². The van der Waals surface area contributed by atoms with Crippen LogP contribution in [0.4, 0.5) is 0 Å². The summed E-state index contributed by atoms with van der Waals surface area (Å²) in [6, 6.07) is -0.0227. The normalized spacial score (nSPS) is 33.0. The lowest BCUT2D eigenvalue weighted by molar-refractivity contribution is -0.143. The minimum atomic E-state index is -0.716. The van der Waals surface area contributed by atoms with Gasteiger partial charge in [-0.1, -0.05) is 18.0 Å². The summed E-state index contributed by atoms with van der Waals surface area (Å²) in [5.41, 5.74) is 0. The van der Waals surface area contributed by atoms with Crippen LogP contribution in [-0.2, 0) is 11.3 Å². The van der Waals surface area contributed by atoms with Crippen molar-refractivity contribution >= 4 is 5.97 Å². The van der Waals surface area contributed by atoms with Gasteiger partial charge in [0.15, 0.2) is 5.82 Å². The van der Waals surface area contributed by atoms with E-state index in [1.54, 1.807) is 0 Å². The summed E-state index contributed by atoms with van der Waals surface area (Å²) in [4.78, 5) is 18.1. The third-order valence-electron chi connectivity index (χ3n) is 5.25. The minimum Gasteiger partial charge on any atom is -0.480 e. The highest BCUT2D eigenvalue weighted by molar-refractivity contribution is 5.74. The number of carboxylic acids is 1. The fourth-order valence-corrected chi connectivity index (χ4v) is 4.02. The first kappa shape index (κ1) is 13.2. The maximum atomic E-state index is 11.6. The molecule has 0 aromatic carbocycles. The number of nitrogens with zero attached hydrogens (tertiary/aromatic N) is 3. The maximum absolute atomic E-state index is 11.6. The summed E-state index contributed by atoms with van der Waals surface area (Å²) >= 11 is 0. The molecule has 2 heterocycles. The highest BCUT2D eigenvalue weighted by Crippen LogP contribution is 2.41. The number of aromatic nitrogens is 2. The largest absolute Gasteiger partial charge is 0.480 e. The van der Waals surface area contributed by atoms with Crippen LogP contribution in [0.15, 0.2) is 4.52 Å². The van der Waals surface area contributed by atoms with Crippen LogP contribution in [0.3, 0.4) is 0 Å². The first-order chi connectivity index (χ1) is 10.2. The van der Waals surface area contributed by atoms with Gasteiger partial charge in [0.2, 0.25) is 5.89 Å². The number of aliphatic carboxylic acids is 1. The van der Waals surface area contributed by atoms with Gasteiger partial charge in [-0.3, -0.25) is 9.69 Å². The van der Waals surface area contributed by atoms with Crippen molar-refractivity contribution < 1.29 is 14.4 Å². The highest BCUT2D eigenvalue weighted by atomic mass is 16.5. The fraction of sp³-hybridized carbons (Fsp3) is 0.800. The van der Waals surface area contributed by atoms with Gasteiger partial charge in [0.05, 0.1) is 6.54 Å². The number of rotatable bonds is 4. The summed E-state index contributed by atoms with van der Waals surface area (Å²) in [6.07, 6.45) is 7.73. The quantitative estimate of drug-likeness (QED) is 0.915. The molecule has 1 aromatic heterocycles. The predicted molar refractivity (Wildman–Crippen MR) is 73.6 cm³/mol. The van der Waals surface area contributed by atoms with E-state index in [-0.39, 0.29) is 0 Å². The SMILES string of the molecule is O=C(O)C1CC2CCCCC2N1Cc1nc(C2CC2)no1.